The summed E-state index contributed by atoms with van der Waals surface area (Å²) in [5.41, 5.74) is 0.559. The Balaban J connectivity index is 1.70. The topological polar surface area (TPSA) is 79.7 Å². The van der Waals surface area contributed by atoms with E-state index in [4.69, 9.17) is 4.74 Å². The van der Waals surface area contributed by atoms with Gasteiger partial charge in [-0.25, -0.2) is 14.2 Å². The number of ether oxygens (including phenoxy) is 1. The fraction of sp³-hybridized carbons (Fsp3) is 0.353. The highest BCUT2D eigenvalue weighted by atomic mass is 32.1. The molecule has 0 unspecified atom stereocenters. The number of aryl methyl sites for hydroxylation is 1. The van der Waals surface area contributed by atoms with Crippen LogP contribution in [0.3, 0.4) is 0 Å². The second-order valence-corrected chi connectivity index (χ2v) is 6.84. The van der Waals surface area contributed by atoms with Crippen molar-refractivity contribution in [2.75, 3.05) is 6.54 Å². The van der Waals surface area contributed by atoms with Crippen LogP contribution in [0.4, 0.5) is 4.39 Å². The Bertz CT molecular complexity index is 790. The van der Waals surface area contributed by atoms with Crippen molar-refractivity contribution in [2.45, 2.75) is 32.4 Å². The number of rotatable bonds is 5. The van der Waals surface area contributed by atoms with E-state index < -0.39 is 12.0 Å². The molecular weight excluding hydrogens is 347 g/mol. The second kappa shape index (κ2) is 7.18. The van der Waals surface area contributed by atoms with Crippen molar-refractivity contribution in [2.24, 2.45) is 0 Å². The van der Waals surface area contributed by atoms with Crippen molar-refractivity contribution in [3.05, 3.63) is 45.7 Å². The summed E-state index contributed by atoms with van der Waals surface area (Å²) < 4.78 is 18.4. The normalized spacial score (nSPS) is 16.9. The third-order valence-corrected chi connectivity index (χ3v) is 5.13. The standard InChI is InChI=1S/C17H17FN2O4S/c1-10-15(16(21)20-8-2-3-13(20)17(22)23)25-14(19-10)9-24-12-6-4-11(18)5-7-12/h4-7,13H,2-3,8-9H2,1H3,(H,22,23)/t13-/m0/s1. The minimum absolute atomic E-state index is 0.160. The molecule has 0 spiro atoms. The Morgan fingerprint density at radius 3 is 2.80 bits per heavy atom. The van der Waals surface area contributed by atoms with E-state index in [0.717, 1.165) is 0 Å². The molecule has 0 aliphatic carbocycles. The number of amides is 1. The Hall–Kier alpha value is -2.48. The van der Waals surface area contributed by atoms with Crippen molar-refractivity contribution in [1.82, 2.24) is 9.88 Å². The van der Waals surface area contributed by atoms with Gasteiger partial charge in [0.1, 0.15) is 34.1 Å². The molecule has 25 heavy (non-hydrogen) atoms. The summed E-state index contributed by atoms with van der Waals surface area (Å²) in [5.74, 6) is -1.11. The van der Waals surface area contributed by atoms with Gasteiger partial charge in [-0.3, -0.25) is 4.79 Å². The summed E-state index contributed by atoms with van der Waals surface area (Å²) >= 11 is 1.20. The Kier molecular flexibility index (Phi) is 4.98. The van der Waals surface area contributed by atoms with Crippen molar-refractivity contribution < 1.29 is 23.8 Å². The SMILES string of the molecule is Cc1nc(COc2ccc(F)cc2)sc1C(=O)N1CCC[C@H]1C(=O)O. The molecule has 1 aromatic carbocycles. The molecule has 1 aliphatic rings. The number of nitrogens with zero attached hydrogens (tertiary/aromatic N) is 2. The minimum Gasteiger partial charge on any atom is -0.486 e. The van der Waals surface area contributed by atoms with E-state index in [9.17, 15) is 19.1 Å². The zero-order valence-corrected chi connectivity index (χ0v) is 14.4. The van der Waals surface area contributed by atoms with Crippen molar-refractivity contribution in [1.29, 1.82) is 0 Å². The maximum atomic E-state index is 12.9. The van der Waals surface area contributed by atoms with E-state index in [1.165, 1.54) is 40.5 Å². The lowest BCUT2D eigenvalue weighted by atomic mass is 10.2. The first-order valence-corrected chi connectivity index (χ1v) is 8.66. The highest BCUT2D eigenvalue weighted by Crippen LogP contribution is 2.26. The van der Waals surface area contributed by atoms with Gasteiger partial charge in [0.15, 0.2) is 0 Å². The largest absolute Gasteiger partial charge is 0.486 e. The van der Waals surface area contributed by atoms with E-state index in [2.05, 4.69) is 4.98 Å². The number of carboxylic acids is 1. The first-order chi connectivity index (χ1) is 12.0. The quantitative estimate of drug-likeness (QED) is 0.882. The number of halogens is 1. The predicted molar refractivity (Wildman–Crippen MR) is 89.3 cm³/mol. The highest BCUT2D eigenvalue weighted by molar-refractivity contribution is 7.13. The van der Waals surface area contributed by atoms with Gasteiger partial charge in [-0.15, -0.1) is 11.3 Å². The van der Waals surface area contributed by atoms with E-state index in [0.29, 0.717) is 40.7 Å². The molecule has 6 nitrogen and oxygen atoms in total. The zero-order chi connectivity index (χ0) is 18.0. The van der Waals surface area contributed by atoms with Crippen molar-refractivity contribution in [3.8, 4) is 5.75 Å². The average Bonchev–Trinajstić information content (AvgIpc) is 3.20. The van der Waals surface area contributed by atoms with Crippen LogP contribution < -0.4 is 4.74 Å². The Morgan fingerprint density at radius 2 is 2.12 bits per heavy atom. The molecule has 1 aliphatic heterocycles. The molecule has 1 aromatic heterocycles. The van der Waals surface area contributed by atoms with Crippen LogP contribution in [0, 0.1) is 12.7 Å². The molecule has 2 aromatic rings. The van der Waals surface area contributed by atoms with Crippen molar-refractivity contribution >= 4 is 23.2 Å². The molecule has 0 saturated carbocycles. The number of hydrogen-bond donors (Lipinski definition) is 1. The van der Waals surface area contributed by atoms with Crippen LogP contribution in [0.1, 0.15) is 33.2 Å². The molecule has 2 heterocycles. The lowest BCUT2D eigenvalue weighted by Gasteiger charge is -2.20. The van der Waals surface area contributed by atoms with E-state index in [1.54, 1.807) is 6.92 Å². The first kappa shape index (κ1) is 17.3. The van der Waals surface area contributed by atoms with E-state index >= 15 is 0 Å². The second-order valence-electron chi connectivity index (χ2n) is 5.76. The number of aromatic nitrogens is 1. The third kappa shape index (κ3) is 3.79. The van der Waals surface area contributed by atoms with Crippen molar-refractivity contribution in [3.63, 3.8) is 0 Å². The molecular formula is C17H17FN2O4S. The number of benzene rings is 1. The zero-order valence-electron chi connectivity index (χ0n) is 13.6. The molecule has 132 valence electrons. The summed E-state index contributed by atoms with van der Waals surface area (Å²) in [5, 5.41) is 9.84. The van der Waals surface area contributed by atoms with Gasteiger partial charge in [0.25, 0.3) is 5.91 Å². The number of carbonyl (C=O) groups is 2. The van der Waals surface area contributed by atoms with Gasteiger partial charge in [-0.05, 0) is 44.0 Å². The number of thiazole rings is 1. The van der Waals surface area contributed by atoms with Crippen LogP contribution in [0.25, 0.3) is 0 Å². The Labute approximate surface area is 147 Å². The van der Waals surface area contributed by atoms with Crippen LogP contribution in [-0.4, -0.2) is 39.5 Å². The number of carbonyl (C=O) groups excluding carboxylic acids is 1. The van der Waals surface area contributed by atoms with E-state index in [1.807, 2.05) is 0 Å². The molecule has 1 amide bonds. The molecule has 1 saturated heterocycles. The summed E-state index contributed by atoms with van der Waals surface area (Å²) in [6.45, 7) is 2.32. The summed E-state index contributed by atoms with van der Waals surface area (Å²) in [4.78, 5) is 30.1. The fourth-order valence-corrected chi connectivity index (χ4v) is 3.72. The summed E-state index contributed by atoms with van der Waals surface area (Å²) in [6, 6.07) is 4.87. The maximum Gasteiger partial charge on any atom is 0.326 e. The van der Waals surface area contributed by atoms with Gasteiger partial charge < -0.3 is 14.7 Å². The van der Waals surface area contributed by atoms with Gasteiger partial charge in [0.05, 0.1) is 5.69 Å². The van der Waals surface area contributed by atoms with Crippen LogP contribution in [-0.2, 0) is 11.4 Å². The lowest BCUT2D eigenvalue weighted by molar-refractivity contribution is -0.141. The number of hydrogen-bond acceptors (Lipinski definition) is 5. The molecule has 1 fully saturated rings. The van der Waals surface area contributed by atoms with Crippen LogP contribution in [0.15, 0.2) is 24.3 Å². The first-order valence-electron chi connectivity index (χ1n) is 7.84. The van der Waals surface area contributed by atoms with Gasteiger partial charge in [-0.1, -0.05) is 0 Å². The van der Waals surface area contributed by atoms with Crippen LogP contribution in [0.5, 0.6) is 5.75 Å². The van der Waals surface area contributed by atoms with Gasteiger partial charge in [-0.2, -0.15) is 0 Å². The van der Waals surface area contributed by atoms with Gasteiger partial charge in [0.2, 0.25) is 0 Å². The number of carboxylic acid groups (broad SMARTS) is 1. The van der Waals surface area contributed by atoms with Gasteiger partial charge in [0, 0.05) is 6.54 Å². The predicted octanol–water partition coefficient (Wildman–Crippen LogP) is 2.86. The molecule has 8 heteroatoms. The molecule has 1 N–H and O–H groups in total. The molecule has 1 atom stereocenters. The molecule has 3 rings (SSSR count). The van der Waals surface area contributed by atoms with Crippen LogP contribution in [0.2, 0.25) is 0 Å². The lowest BCUT2D eigenvalue weighted by Crippen LogP contribution is -2.40. The minimum atomic E-state index is -0.979. The summed E-state index contributed by atoms with van der Waals surface area (Å²) in [7, 11) is 0. The van der Waals surface area contributed by atoms with E-state index in [-0.39, 0.29) is 18.3 Å². The van der Waals surface area contributed by atoms with Crippen LogP contribution >= 0.6 is 11.3 Å². The average molecular weight is 364 g/mol. The smallest absolute Gasteiger partial charge is 0.326 e. The number of likely N-dealkylation sites (tertiary alicyclic amines) is 1. The summed E-state index contributed by atoms with van der Waals surface area (Å²) in [6.07, 6.45) is 1.15. The number of aliphatic carboxylic acids is 1. The monoisotopic (exact) mass is 364 g/mol. The molecule has 0 radical (unpaired) electrons. The highest BCUT2D eigenvalue weighted by Gasteiger charge is 2.35. The third-order valence-electron chi connectivity index (χ3n) is 4.01. The molecule has 0 bridgehead atoms. The fourth-order valence-electron chi connectivity index (χ4n) is 2.79. The van der Waals surface area contributed by atoms with Gasteiger partial charge >= 0.3 is 5.97 Å². The Morgan fingerprint density at radius 1 is 1.40 bits per heavy atom. The maximum absolute atomic E-state index is 12.9.